The molecule has 1 aliphatic carbocycles. The first-order chi connectivity index (χ1) is 19.2. The first kappa shape index (κ1) is 28.4. The molecule has 1 aromatic carbocycles. The molecule has 10 heteroatoms. The number of anilines is 1. The van der Waals surface area contributed by atoms with E-state index in [9.17, 15) is 18.4 Å². The van der Waals surface area contributed by atoms with E-state index in [1.165, 1.54) is 6.08 Å². The highest BCUT2D eigenvalue weighted by molar-refractivity contribution is 5.99. The van der Waals surface area contributed by atoms with Gasteiger partial charge in [0.1, 0.15) is 5.82 Å². The Labute approximate surface area is 230 Å². The van der Waals surface area contributed by atoms with Crippen molar-refractivity contribution in [1.29, 1.82) is 0 Å². The molecule has 2 aromatic heterocycles. The third-order valence-electron chi connectivity index (χ3n) is 6.55. The molecule has 2 heterocycles. The number of imidazole rings is 1. The van der Waals surface area contributed by atoms with Gasteiger partial charge in [0.05, 0.1) is 30.0 Å². The second kappa shape index (κ2) is 13.0. The van der Waals surface area contributed by atoms with Crippen molar-refractivity contribution in [2.24, 2.45) is 0 Å². The summed E-state index contributed by atoms with van der Waals surface area (Å²) in [7, 11) is 0. The number of fused-ring (bicyclic) bond motifs is 1. The molecule has 4 rings (SSSR count). The second-order valence-electron chi connectivity index (χ2n) is 9.44. The minimum Gasteiger partial charge on any atom is -0.371 e. The summed E-state index contributed by atoms with van der Waals surface area (Å²) < 4.78 is 32.5. The topological polar surface area (TPSA) is 112 Å². The quantitative estimate of drug-likeness (QED) is 0.243. The monoisotopic (exact) mass is 547 g/mol. The van der Waals surface area contributed by atoms with E-state index in [2.05, 4.69) is 32.2 Å². The van der Waals surface area contributed by atoms with Gasteiger partial charge in [-0.25, -0.2) is 18.6 Å². The summed E-state index contributed by atoms with van der Waals surface area (Å²) in [5.74, 6) is -2.26. The van der Waals surface area contributed by atoms with Gasteiger partial charge in [-0.05, 0) is 43.7 Å². The fourth-order valence-electron chi connectivity index (χ4n) is 4.15. The normalized spacial score (nSPS) is 16.6. The highest BCUT2D eigenvalue weighted by atomic mass is 19.2. The predicted molar refractivity (Wildman–Crippen MR) is 151 cm³/mol. The molecule has 40 heavy (non-hydrogen) atoms. The summed E-state index contributed by atoms with van der Waals surface area (Å²) in [6, 6.07) is 12.2. The average molecular weight is 548 g/mol. The van der Waals surface area contributed by atoms with Crippen molar-refractivity contribution in [3.63, 3.8) is 0 Å². The van der Waals surface area contributed by atoms with Gasteiger partial charge in [0.2, 0.25) is 0 Å². The minimum absolute atomic E-state index is 0.248. The van der Waals surface area contributed by atoms with Gasteiger partial charge >= 0.3 is 5.69 Å². The lowest BCUT2D eigenvalue weighted by Gasteiger charge is -2.25. The highest BCUT2D eigenvalue weighted by Gasteiger charge is 2.22. The summed E-state index contributed by atoms with van der Waals surface area (Å²) in [5.41, 5.74) is 3.15. The summed E-state index contributed by atoms with van der Waals surface area (Å²) >= 11 is 0. The number of aromatic nitrogens is 3. The van der Waals surface area contributed by atoms with Crippen molar-refractivity contribution >= 4 is 17.8 Å². The number of rotatable bonds is 11. The maximum atomic E-state index is 13.4. The summed E-state index contributed by atoms with van der Waals surface area (Å²) in [6.45, 7) is 6.62. The summed E-state index contributed by atoms with van der Waals surface area (Å²) in [6.07, 6.45) is 7.94. The number of carbonyl (C=O) groups is 1. The van der Waals surface area contributed by atoms with E-state index in [4.69, 9.17) is 4.74 Å². The molecule has 0 radical (unpaired) electrons. The van der Waals surface area contributed by atoms with E-state index in [0.717, 1.165) is 23.0 Å². The maximum absolute atomic E-state index is 13.4. The molecule has 1 aliphatic rings. The Bertz CT molecular complexity index is 1510. The molecule has 2 unspecified atom stereocenters. The number of nitrogens with one attached hydrogen (secondary N) is 4. The standard InChI is InChI=1S/C30H31F2N5O3/c1-18(11-13-24(32)19(2)31)20(3)34-29(38)23-10-7-15-33-28(23)35-27(21-8-5-4-6-9-21)17-40-22-12-14-25-26(16-22)37-30(39)36-25/h4-15,20,22,27H,2,16-17H2,1,3H3,(H,33,35)(H,34,38)(H2,36,37,39)/b18-11+,24-13+/t20?,22-,27?/m0/s1. The molecule has 8 nitrogen and oxygen atoms in total. The lowest BCUT2D eigenvalue weighted by molar-refractivity contribution is 0.0770. The Kier molecular flexibility index (Phi) is 9.23. The van der Waals surface area contributed by atoms with Crippen LogP contribution in [0, 0.1) is 0 Å². The SMILES string of the molecule is C=C(F)/C(F)=C\C=C(/C)C(C)NC(=O)c1cccnc1NC(CO[C@H]1C=Cc2[nH]c(=O)[nH]c2C1)c1ccccc1. The van der Waals surface area contributed by atoms with Gasteiger partial charge in [-0.2, -0.15) is 0 Å². The van der Waals surface area contributed by atoms with Gasteiger partial charge in [-0.1, -0.05) is 54.6 Å². The predicted octanol–water partition coefficient (Wildman–Crippen LogP) is 5.31. The van der Waals surface area contributed by atoms with Crippen LogP contribution in [0.3, 0.4) is 0 Å². The second-order valence-corrected chi connectivity index (χ2v) is 9.44. The van der Waals surface area contributed by atoms with Crippen LogP contribution in [0.1, 0.15) is 47.2 Å². The zero-order valence-corrected chi connectivity index (χ0v) is 22.2. The smallest absolute Gasteiger partial charge is 0.323 e. The van der Waals surface area contributed by atoms with Crippen LogP contribution in [0.4, 0.5) is 14.6 Å². The molecule has 3 aromatic rings. The number of nitrogens with zero attached hydrogens (tertiary/aromatic N) is 1. The fourth-order valence-corrected chi connectivity index (χ4v) is 4.15. The largest absolute Gasteiger partial charge is 0.371 e. The Balaban J connectivity index is 1.48. The zero-order valence-electron chi connectivity index (χ0n) is 22.2. The van der Waals surface area contributed by atoms with E-state index in [1.54, 1.807) is 32.2 Å². The lowest BCUT2D eigenvalue weighted by Crippen LogP contribution is -2.34. The van der Waals surface area contributed by atoms with Crippen LogP contribution in [0.2, 0.25) is 0 Å². The van der Waals surface area contributed by atoms with Crippen molar-refractivity contribution in [3.8, 4) is 0 Å². The molecule has 0 fully saturated rings. The number of benzene rings is 1. The number of carbonyl (C=O) groups excluding carboxylic acids is 1. The highest BCUT2D eigenvalue weighted by Crippen LogP contribution is 2.24. The van der Waals surface area contributed by atoms with E-state index in [1.807, 2.05) is 42.5 Å². The van der Waals surface area contributed by atoms with E-state index in [-0.39, 0.29) is 30.3 Å². The van der Waals surface area contributed by atoms with Crippen molar-refractivity contribution in [1.82, 2.24) is 20.3 Å². The number of allylic oxidation sites excluding steroid dienone is 4. The molecule has 0 saturated heterocycles. The average Bonchev–Trinajstić information content (AvgIpc) is 3.33. The number of ether oxygens (including phenoxy) is 1. The molecular formula is C30H31F2N5O3. The molecule has 1 amide bonds. The Morgan fingerprint density at radius 2 is 1.98 bits per heavy atom. The van der Waals surface area contributed by atoms with Gasteiger partial charge in [0.25, 0.3) is 5.91 Å². The van der Waals surface area contributed by atoms with Crippen molar-refractivity contribution in [2.75, 3.05) is 11.9 Å². The van der Waals surface area contributed by atoms with Gasteiger partial charge < -0.3 is 25.3 Å². The van der Waals surface area contributed by atoms with E-state index < -0.39 is 17.7 Å². The Hall–Kier alpha value is -4.57. The number of pyridine rings is 1. The van der Waals surface area contributed by atoms with Gasteiger partial charge in [0, 0.05) is 24.4 Å². The third-order valence-corrected chi connectivity index (χ3v) is 6.55. The number of amides is 1. The molecular weight excluding hydrogens is 516 g/mol. The van der Waals surface area contributed by atoms with Gasteiger partial charge in [0.15, 0.2) is 11.7 Å². The van der Waals surface area contributed by atoms with Crippen molar-refractivity contribution < 1.29 is 18.3 Å². The number of hydrogen-bond acceptors (Lipinski definition) is 5. The first-order valence-corrected chi connectivity index (χ1v) is 12.8. The van der Waals surface area contributed by atoms with Crippen LogP contribution in [0.15, 0.2) is 95.5 Å². The van der Waals surface area contributed by atoms with E-state index in [0.29, 0.717) is 23.4 Å². The van der Waals surface area contributed by atoms with Crippen molar-refractivity contribution in [2.45, 2.75) is 38.5 Å². The van der Waals surface area contributed by atoms with Crippen LogP contribution in [0.25, 0.3) is 6.08 Å². The first-order valence-electron chi connectivity index (χ1n) is 12.8. The van der Waals surface area contributed by atoms with Crippen LogP contribution in [-0.4, -0.2) is 39.6 Å². The van der Waals surface area contributed by atoms with Crippen LogP contribution >= 0.6 is 0 Å². The minimum atomic E-state index is -1.16. The van der Waals surface area contributed by atoms with Crippen LogP contribution < -0.4 is 16.3 Å². The number of hydrogen-bond donors (Lipinski definition) is 4. The Morgan fingerprint density at radius 1 is 1.20 bits per heavy atom. The summed E-state index contributed by atoms with van der Waals surface area (Å²) in [5, 5.41) is 6.22. The van der Waals surface area contributed by atoms with Crippen molar-refractivity contribution in [3.05, 3.63) is 124 Å². The number of aromatic amines is 2. The zero-order chi connectivity index (χ0) is 28.6. The summed E-state index contributed by atoms with van der Waals surface area (Å²) in [4.78, 5) is 34.8. The molecule has 0 aliphatic heterocycles. The molecule has 3 atom stereocenters. The Morgan fingerprint density at radius 3 is 2.73 bits per heavy atom. The third kappa shape index (κ3) is 7.29. The fraction of sp³-hybridized carbons (Fsp3) is 0.233. The molecule has 4 N–H and O–H groups in total. The lowest BCUT2D eigenvalue weighted by atomic mass is 10.0. The van der Waals surface area contributed by atoms with Gasteiger partial charge in [-0.15, -0.1) is 0 Å². The molecule has 0 saturated carbocycles. The maximum Gasteiger partial charge on any atom is 0.323 e. The molecule has 208 valence electrons. The van der Waals surface area contributed by atoms with Crippen LogP contribution in [-0.2, 0) is 11.2 Å². The molecule has 0 spiro atoms. The van der Waals surface area contributed by atoms with E-state index >= 15 is 0 Å². The van der Waals surface area contributed by atoms with Gasteiger partial charge in [-0.3, -0.25) is 4.79 Å². The number of halogens is 2. The number of H-pyrrole nitrogens is 2. The molecule has 0 bridgehead atoms. The van der Waals surface area contributed by atoms with Crippen LogP contribution in [0.5, 0.6) is 0 Å².